The fraction of sp³-hybridized carbons (Fsp3) is 0.167. The van der Waals surface area contributed by atoms with Gasteiger partial charge in [0.15, 0.2) is 0 Å². The number of carbonyl (C=O) groups excluding carboxylic acids is 3. The second-order valence-electron chi connectivity index (χ2n) is 8.72. The molecule has 188 valence electrons. The molecule has 0 heterocycles. The summed E-state index contributed by atoms with van der Waals surface area (Å²) in [5.74, 6) is -1.23. The quantitative estimate of drug-likeness (QED) is 0.253. The van der Waals surface area contributed by atoms with Crippen LogP contribution in [0.15, 0.2) is 78.9 Å². The van der Waals surface area contributed by atoms with Crippen LogP contribution in [0, 0.1) is 5.82 Å². The Morgan fingerprint density at radius 3 is 2.14 bits per heavy atom. The van der Waals surface area contributed by atoms with Crippen LogP contribution in [0.1, 0.15) is 45.5 Å². The Labute approximate surface area is 214 Å². The van der Waals surface area contributed by atoms with Gasteiger partial charge in [0, 0.05) is 29.8 Å². The molecule has 0 radical (unpaired) electrons. The zero-order valence-electron chi connectivity index (χ0n) is 20.4. The van der Waals surface area contributed by atoms with E-state index in [0.717, 1.165) is 29.5 Å². The van der Waals surface area contributed by atoms with Crippen LogP contribution < -0.4 is 10.6 Å². The summed E-state index contributed by atoms with van der Waals surface area (Å²) >= 11 is 0. The predicted octanol–water partition coefficient (Wildman–Crippen LogP) is 4.76. The third kappa shape index (κ3) is 7.48. The van der Waals surface area contributed by atoms with E-state index >= 15 is 0 Å². The first kappa shape index (κ1) is 25.6. The van der Waals surface area contributed by atoms with E-state index in [0.29, 0.717) is 23.2 Å². The van der Waals surface area contributed by atoms with Gasteiger partial charge in [0.2, 0.25) is 0 Å². The minimum Gasteiger partial charge on any atom is -0.466 e. The molecule has 0 bridgehead atoms. The number of ether oxygens (including phenoxy) is 1. The first-order chi connectivity index (χ1) is 17.9. The molecule has 1 saturated carbocycles. The Morgan fingerprint density at radius 1 is 0.892 bits per heavy atom. The fourth-order valence-electron chi connectivity index (χ4n) is 3.56. The molecule has 0 aliphatic heterocycles. The van der Waals surface area contributed by atoms with Crippen LogP contribution >= 0.6 is 0 Å². The van der Waals surface area contributed by atoms with E-state index < -0.39 is 5.97 Å². The van der Waals surface area contributed by atoms with Gasteiger partial charge in [0.05, 0.1) is 7.11 Å². The van der Waals surface area contributed by atoms with Crippen molar-refractivity contribution in [1.82, 2.24) is 10.6 Å². The van der Waals surface area contributed by atoms with Crippen molar-refractivity contribution in [2.75, 3.05) is 7.11 Å². The molecular formula is C30H27FN2O4. The summed E-state index contributed by atoms with van der Waals surface area (Å²) in [4.78, 5) is 36.6. The van der Waals surface area contributed by atoms with E-state index in [9.17, 15) is 18.8 Å². The molecule has 6 nitrogen and oxygen atoms in total. The van der Waals surface area contributed by atoms with Crippen LogP contribution in [0.4, 0.5) is 4.39 Å². The average molecular weight is 499 g/mol. The zero-order valence-corrected chi connectivity index (χ0v) is 20.4. The molecule has 3 aromatic carbocycles. The number of hydrogen-bond donors (Lipinski definition) is 2. The largest absolute Gasteiger partial charge is 0.466 e. The number of halogens is 1. The number of methoxy groups -OCH3 is 1. The van der Waals surface area contributed by atoms with Crippen LogP contribution in [0.5, 0.6) is 0 Å². The van der Waals surface area contributed by atoms with Gasteiger partial charge in [0.25, 0.3) is 11.8 Å². The van der Waals surface area contributed by atoms with Crippen LogP contribution in [0.3, 0.4) is 0 Å². The first-order valence-corrected chi connectivity index (χ1v) is 11.9. The SMILES string of the molecule is COC(=O)C=Cc1ccc(CNC(=O)c2ccc(C=C(C(=O)NC3CC3)c3ccc(F)cc3)cc2)cc1. The van der Waals surface area contributed by atoms with Gasteiger partial charge in [-0.2, -0.15) is 0 Å². The molecule has 2 N–H and O–H groups in total. The molecule has 0 aromatic heterocycles. The van der Waals surface area contributed by atoms with Crippen LogP contribution in [0.2, 0.25) is 0 Å². The van der Waals surface area contributed by atoms with Crippen molar-refractivity contribution in [3.63, 3.8) is 0 Å². The highest BCUT2D eigenvalue weighted by atomic mass is 19.1. The van der Waals surface area contributed by atoms with E-state index in [1.807, 2.05) is 24.3 Å². The van der Waals surface area contributed by atoms with E-state index in [4.69, 9.17) is 0 Å². The molecule has 1 aliphatic rings. The van der Waals surface area contributed by atoms with Gasteiger partial charge < -0.3 is 15.4 Å². The number of benzene rings is 3. The molecule has 7 heteroatoms. The normalized spacial score (nSPS) is 13.3. The summed E-state index contributed by atoms with van der Waals surface area (Å²) in [5, 5.41) is 5.86. The maximum absolute atomic E-state index is 13.4. The standard InChI is InChI=1S/C30H27FN2O4/c1-37-28(34)17-8-20-2-4-22(5-3-20)19-32-29(35)24-9-6-21(7-10-24)18-27(30(36)33-26-15-16-26)23-11-13-25(31)14-12-23/h2-14,17-18,26H,15-16,19H2,1H3,(H,32,35)(H,33,36). The number of carbonyl (C=O) groups is 3. The minimum absolute atomic E-state index is 0.190. The number of esters is 1. The van der Waals surface area contributed by atoms with Gasteiger partial charge in [-0.05, 0) is 71.5 Å². The second-order valence-corrected chi connectivity index (χ2v) is 8.72. The van der Waals surface area contributed by atoms with Crippen molar-refractivity contribution in [2.45, 2.75) is 25.4 Å². The smallest absolute Gasteiger partial charge is 0.330 e. The summed E-state index contributed by atoms with van der Waals surface area (Å²) in [6.07, 6.45) is 6.66. The van der Waals surface area contributed by atoms with Crippen LogP contribution in [-0.4, -0.2) is 30.9 Å². The van der Waals surface area contributed by atoms with E-state index in [1.54, 1.807) is 48.6 Å². The first-order valence-electron chi connectivity index (χ1n) is 11.9. The number of rotatable bonds is 9. The molecule has 37 heavy (non-hydrogen) atoms. The number of amides is 2. The van der Waals surface area contributed by atoms with E-state index in [-0.39, 0.29) is 23.7 Å². The Kier molecular flexibility index (Phi) is 8.26. The van der Waals surface area contributed by atoms with Crippen molar-refractivity contribution in [2.24, 2.45) is 0 Å². The molecule has 0 spiro atoms. The highest BCUT2D eigenvalue weighted by Gasteiger charge is 2.25. The lowest BCUT2D eigenvalue weighted by Crippen LogP contribution is -2.26. The fourth-order valence-corrected chi connectivity index (χ4v) is 3.56. The van der Waals surface area contributed by atoms with E-state index in [2.05, 4.69) is 15.4 Å². The van der Waals surface area contributed by atoms with Gasteiger partial charge in [-0.1, -0.05) is 48.5 Å². The second kappa shape index (κ2) is 11.9. The van der Waals surface area contributed by atoms with Crippen LogP contribution in [-0.2, 0) is 20.9 Å². The number of nitrogens with one attached hydrogen (secondary N) is 2. The van der Waals surface area contributed by atoms with Crippen LogP contribution in [0.25, 0.3) is 17.7 Å². The third-order valence-corrected chi connectivity index (χ3v) is 5.84. The molecule has 1 fully saturated rings. The van der Waals surface area contributed by atoms with Crippen molar-refractivity contribution < 1.29 is 23.5 Å². The van der Waals surface area contributed by atoms with Gasteiger partial charge in [-0.3, -0.25) is 9.59 Å². The summed E-state index contributed by atoms with van der Waals surface area (Å²) in [5.41, 5.74) is 4.05. The molecule has 0 unspecified atom stereocenters. The topological polar surface area (TPSA) is 84.5 Å². The summed E-state index contributed by atoms with van der Waals surface area (Å²) in [7, 11) is 1.32. The maximum atomic E-state index is 13.4. The molecule has 0 saturated heterocycles. The van der Waals surface area contributed by atoms with Gasteiger partial charge in [-0.25, -0.2) is 9.18 Å². The van der Waals surface area contributed by atoms with E-state index in [1.165, 1.54) is 25.3 Å². The molecule has 3 aromatic rings. The van der Waals surface area contributed by atoms with Gasteiger partial charge >= 0.3 is 5.97 Å². The lowest BCUT2D eigenvalue weighted by molar-refractivity contribution is -0.134. The Morgan fingerprint density at radius 2 is 1.51 bits per heavy atom. The lowest BCUT2D eigenvalue weighted by Gasteiger charge is -2.10. The van der Waals surface area contributed by atoms with Crippen molar-refractivity contribution >= 4 is 35.5 Å². The van der Waals surface area contributed by atoms with Gasteiger partial charge in [-0.15, -0.1) is 0 Å². The highest BCUT2D eigenvalue weighted by molar-refractivity contribution is 6.24. The highest BCUT2D eigenvalue weighted by Crippen LogP contribution is 2.24. The average Bonchev–Trinajstić information content (AvgIpc) is 3.74. The summed E-state index contributed by atoms with van der Waals surface area (Å²) < 4.78 is 18.0. The molecule has 0 atom stereocenters. The Bertz CT molecular complexity index is 1320. The Hall–Kier alpha value is -4.52. The van der Waals surface area contributed by atoms with Crippen molar-refractivity contribution in [3.8, 4) is 0 Å². The lowest BCUT2D eigenvalue weighted by atomic mass is 10.0. The maximum Gasteiger partial charge on any atom is 0.330 e. The number of hydrogen-bond acceptors (Lipinski definition) is 4. The molecule has 4 rings (SSSR count). The zero-order chi connectivity index (χ0) is 26.2. The third-order valence-electron chi connectivity index (χ3n) is 5.84. The molecular weight excluding hydrogens is 471 g/mol. The monoisotopic (exact) mass is 498 g/mol. The molecule has 2 amide bonds. The minimum atomic E-state index is -0.425. The summed E-state index contributed by atoms with van der Waals surface area (Å²) in [6, 6.07) is 20.4. The molecule has 1 aliphatic carbocycles. The summed E-state index contributed by atoms with van der Waals surface area (Å²) in [6.45, 7) is 0.345. The van der Waals surface area contributed by atoms with Crippen molar-refractivity contribution in [1.29, 1.82) is 0 Å². The van der Waals surface area contributed by atoms with Crippen molar-refractivity contribution in [3.05, 3.63) is 113 Å². The predicted molar refractivity (Wildman–Crippen MR) is 141 cm³/mol. The Balaban J connectivity index is 1.40. The van der Waals surface area contributed by atoms with Gasteiger partial charge in [0.1, 0.15) is 5.82 Å².